The number of hydrogen-bond acceptors (Lipinski definition) is 4. The van der Waals surface area contributed by atoms with Gasteiger partial charge < -0.3 is 4.84 Å². The van der Waals surface area contributed by atoms with Crippen LogP contribution >= 0.6 is 0 Å². The lowest BCUT2D eigenvalue weighted by atomic mass is 10.7. The highest BCUT2D eigenvalue weighted by molar-refractivity contribution is 5.73. The van der Waals surface area contributed by atoms with Gasteiger partial charge in [-0.3, -0.25) is 4.68 Å². The maximum atomic E-state index is 4.44. The Balaban J connectivity index is 2.67. The van der Waals surface area contributed by atoms with E-state index in [4.69, 9.17) is 0 Å². The fourth-order valence-corrected chi connectivity index (χ4v) is 0.515. The summed E-state index contributed by atoms with van der Waals surface area (Å²) in [5.41, 5.74) is 0. The molecule has 10 heavy (non-hydrogen) atoms. The summed E-state index contributed by atoms with van der Waals surface area (Å²) < 4.78 is 1.59. The van der Waals surface area contributed by atoms with Crippen LogP contribution < -0.4 is 0 Å². The van der Waals surface area contributed by atoms with Gasteiger partial charge in [0, 0.05) is 7.05 Å². The van der Waals surface area contributed by atoms with E-state index < -0.39 is 0 Å². The van der Waals surface area contributed by atoms with Crippen molar-refractivity contribution in [1.82, 2.24) is 14.8 Å². The summed E-state index contributed by atoms with van der Waals surface area (Å²) in [6.07, 6.45) is 3.04. The Morgan fingerprint density at radius 3 is 3.10 bits per heavy atom. The lowest BCUT2D eigenvalue weighted by Gasteiger charge is -1.81. The molecule has 1 aromatic heterocycles. The van der Waals surface area contributed by atoms with Gasteiger partial charge in [-0.25, -0.2) is 4.98 Å². The molecule has 1 aromatic rings. The molecule has 0 saturated heterocycles. The zero-order valence-corrected chi connectivity index (χ0v) is 5.85. The molecule has 0 aliphatic rings. The van der Waals surface area contributed by atoms with Crippen LogP contribution in [0.3, 0.4) is 0 Å². The summed E-state index contributed by atoms with van der Waals surface area (Å²) in [5.74, 6) is 0.546. The predicted octanol–water partition coefficient (Wildman–Crippen LogP) is -0.205. The molecule has 0 fully saturated rings. The van der Waals surface area contributed by atoms with Crippen molar-refractivity contribution < 1.29 is 4.84 Å². The Hall–Kier alpha value is -1.39. The molecule has 0 aliphatic carbocycles. The van der Waals surface area contributed by atoms with Gasteiger partial charge in [0.1, 0.15) is 19.7 Å². The van der Waals surface area contributed by atoms with Crippen LogP contribution in [0.5, 0.6) is 0 Å². The van der Waals surface area contributed by atoms with Crippen molar-refractivity contribution in [3.63, 3.8) is 0 Å². The van der Waals surface area contributed by atoms with Crippen molar-refractivity contribution in [1.29, 1.82) is 0 Å². The summed E-state index contributed by atoms with van der Waals surface area (Å²) in [4.78, 5) is 8.31. The first-order valence-electron chi connectivity index (χ1n) is 2.75. The number of rotatable bonds is 2. The fraction of sp³-hybridized carbons (Fsp3) is 0.400. The molecule has 1 rings (SSSR count). The van der Waals surface area contributed by atoms with Gasteiger partial charge in [-0.1, -0.05) is 5.16 Å². The molecule has 0 N–H and O–H groups in total. The molecule has 0 radical (unpaired) electrons. The highest BCUT2D eigenvalue weighted by atomic mass is 16.6. The Labute approximate surface area is 58.3 Å². The Bertz CT molecular complexity index is 229. The van der Waals surface area contributed by atoms with E-state index in [1.165, 1.54) is 13.3 Å². The van der Waals surface area contributed by atoms with Gasteiger partial charge in [0.25, 0.3) is 0 Å². The quantitative estimate of drug-likeness (QED) is 0.422. The van der Waals surface area contributed by atoms with Crippen molar-refractivity contribution in [2.45, 2.75) is 0 Å². The Morgan fingerprint density at radius 1 is 1.80 bits per heavy atom. The van der Waals surface area contributed by atoms with Gasteiger partial charge in [0.15, 0.2) is 5.82 Å². The topological polar surface area (TPSA) is 52.3 Å². The number of hydrogen-bond donors (Lipinski definition) is 0. The molecule has 5 heteroatoms. The van der Waals surface area contributed by atoms with Crippen LogP contribution in [0.4, 0.5) is 0 Å². The fourth-order valence-electron chi connectivity index (χ4n) is 0.515. The first-order valence-corrected chi connectivity index (χ1v) is 2.75. The second-order valence-corrected chi connectivity index (χ2v) is 1.69. The van der Waals surface area contributed by atoms with E-state index in [2.05, 4.69) is 20.1 Å². The van der Waals surface area contributed by atoms with Gasteiger partial charge in [-0.05, 0) is 0 Å². The first-order chi connectivity index (χ1) is 4.83. The van der Waals surface area contributed by atoms with Crippen LogP contribution in [0.15, 0.2) is 11.5 Å². The molecule has 0 saturated carbocycles. The Kier molecular flexibility index (Phi) is 1.99. The van der Waals surface area contributed by atoms with E-state index in [9.17, 15) is 0 Å². The summed E-state index contributed by atoms with van der Waals surface area (Å²) in [6.45, 7) is 0. The van der Waals surface area contributed by atoms with Gasteiger partial charge in [-0.15, -0.1) is 0 Å². The van der Waals surface area contributed by atoms with E-state index >= 15 is 0 Å². The zero-order valence-electron chi connectivity index (χ0n) is 5.85. The molecule has 0 spiro atoms. The van der Waals surface area contributed by atoms with Crippen LogP contribution in [0.25, 0.3) is 0 Å². The van der Waals surface area contributed by atoms with Gasteiger partial charge >= 0.3 is 0 Å². The van der Waals surface area contributed by atoms with Crippen LogP contribution in [0.1, 0.15) is 5.82 Å². The van der Waals surface area contributed by atoms with E-state index in [-0.39, 0.29) is 0 Å². The third-order valence-corrected chi connectivity index (χ3v) is 0.891. The zero-order chi connectivity index (χ0) is 7.40. The van der Waals surface area contributed by atoms with Crippen LogP contribution in [-0.2, 0) is 11.9 Å². The molecule has 0 amide bonds. The third-order valence-electron chi connectivity index (χ3n) is 0.891. The van der Waals surface area contributed by atoms with Crippen molar-refractivity contribution in [3.05, 3.63) is 12.2 Å². The van der Waals surface area contributed by atoms with Crippen molar-refractivity contribution in [3.8, 4) is 0 Å². The van der Waals surface area contributed by atoms with Crippen molar-refractivity contribution in [2.24, 2.45) is 12.2 Å². The SMILES string of the molecule is CO/N=C/c1ncn(C)n1. The van der Waals surface area contributed by atoms with Crippen LogP contribution in [0, 0.1) is 0 Å². The normalized spacial score (nSPS) is 10.6. The number of oxime groups is 1. The van der Waals surface area contributed by atoms with Crippen molar-refractivity contribution >= 4 is 6.21 Å². The third kappa shape index (κ3) is 1.54. The van der Waals surface area contributed by atoms with Crippen LogP contribution in [0.2, 0.25) is 0 Å². The average Bonchev–Trinajstić information content (AvgIpc) is 2.31. The van der Waals surface area contributed by atoms with Crippen molar-refractivity contribution in [2.75, 3.05) is 7.11 Å². The largest absolute Gasteiger partial charge is 0.399 e. The standard InChI is InChI=1S/C5H8N4O/c1-9-4-6-5(8-9)3-7-10-2/h3-4H,1-2H3/b7-3+. The summed E-state index contributed by atoms with van der Waals surface area (Å²) in [6, 6.07) is 0. The van der Waals surface area contributed by atoms with Gasteiger partial charge in [-0.2, -0.15) is 5.10 Å². The Morgan fingerprint density at radius 2 is 2.60 bits per heavy atom. The molecule has 0 bridgehead atoms. The molecule has 0 aliphatic heterocycles. The van der Waals surface area contributed by atoms with E-state index in [1.54, 1.807) is 18.1 Å². The molecule has 0 atom stereocenters. The molecule has 0 unspecified atom stereocenters. The van der Waals surface area contributed by atoms with E-state index in [0.29, 0.717) is 5.82 Å². The van der Waals surface area contributed by atoms with Gasteiger partial charge in [0.05, 0.1) is 0 Å². The second kappa shape index (κ2) is 2.95. The highest BCUT2D eigenvalue weighted by Gasteiger charge is 1.90. The second-order valence-electron chi connectivity index (χ2n) is 1.69. The summed E-state index contributed by atoms with van der Waals surface area (Å²) in [7, 11) is 3.26. The number of nitrogens with zero attached hydrogens (tertiary/aromatic N) is 4. The molecular weight excluding hydrogens is 132 g/mol. The van der Waals surface area contributed by atoms with Gasteiger partial charge in [0.2, 0.25) is 0 Å². The van der Waals surface area contributed by atoms with Crippen LogP contribution in [-0.4, -0.2) is 28.1 Å². The number of aromatic nitrogens is 3. The average molecular weight is 140 g/mol. The van der Waals surface area contributed by atoms with E-state index in [1.807, 2.05) is 0 Å². The maximum absolute atomic E-state index is 4.44. The lowest BCUT2D eigenvalue weighted by Crippen LogP contribution is -1.90. The van der Waals surface area contributed by atoms with E-state index in [0.717, 1.165) is 0 Å². The maximum Gasteiger partial charge on any atom is 0.195 e. The lowest BCUT2D eigenvalue weighted by molar-refractivity contribution is 0.215. The molecular formula is C5H8N4O. The number of aryl methyl sites for hydroxylation is 1. The minimum absolute atomic E-state index is 0.546. The minimum atomic E-state index is 0.546. The minimum Gasteiger partial charge on any atom is -0.399 e. The molecule has 5 nitrogen and oxygen atoms in total. The predicted molar refractivity (Wildman–Crippen MR) is 35.6 cm³/mol. The smallest absolute Gasteiger partial charge is 0.195 e. The molecule has 1 heterocycles. The molecule has 0 aromatic carbocycles. The summed E-state index contributed by atoms with van der Waals surface area (Å²) >= 11 is 0. The monoisotopic (exact) mass is 140 g/mol. The summed E-state index contributed by atoms with van der Waals surface area (Å²) in [5, 5.41) is 7.42. The first kappa shape index (κ1) is 6.73. The molecule has 54 valence electrons. The highest BCUT2D eigenvalue weighted by Crippen LogP contribution is 1.81.